The van der Waals surface area contributed by atoms with Gasteiger partial charge in [-0.1, -0.05) is 30.3 Å². The monoisotopic (exact) mass is 260 g/mol. The Morgan fingerprint density at radius 1 is 1.21 bits per heavy atom. The van der Waals surface area contributed by atoms with Gasteiger partial charge in [0.2, 0.25) is 0 Å². The molecule has 0 unspecified atom stereocenters. The summed E-state index contributed by atoms with van der Waals surface area (Å²) >= 11 is 0. The van der Waals surface area contributed by atoms with Crippen LogP contribution >= 0.6 is 0 Å². The number of unbranched alkanes of at least 4 members (excludes halogenated alkanes) is 1. The number of ether oxygens (including phenoxy) is 3. The van der Waals surface area contributed by atoms with E-state index in [0.717, 1.165) is 5.56 Å². The van der Waals surface area contributed by atoms with E-state index in [1.54, 1.807) is 6.42 Å². The third-order valence-electron chi connectivity index (χ3n) is 2.92. The highest BCUT2D eigenvalue weighted by Gasteiger charge is 2.26. The number of hydrogen-bond acceptors (Lipinski definition) is 3. The van der Waals surface area contributed by atoms with Crippen molar-refractivity contribution in [2.24, 2.45) is 0 Å². The van der Waals surface area contributed by atoms with Crippen molar-refractivity contribution < 1.29 is 14.2 Å². The highest BCUT2D eigenvalue weighted by atomic mass is 16.6. The predicted molar refractivity (Wildman–Crippen MR) is 73.8 cm³/mol. The van der Waals surface area contributed by atoms with Gasteiger partial charge in [-0.3, -0.25) is 0 Å². The fraction of sp³-hybridized carbons (Fsp3) is 0.375. The molecule has 0 amide bonds. The summed E-state index contributed by atoms with van der Waals surface area (Å²) in [5.74, 6) is 0. The third kappa shape index (κ3) is 4.94. The van der Waals surface area contributed by atoms with E-state index in [1.807, 2.05) is 43.2 Å². The Morgan fingerprint density at radius 2 is 2.00 bits per heavy atom. The predicted octanol–water partition coefficient (Wildman–Crippen LogP) is 2.43. The Hall–Kier alpha value is -0.900. The summed E-state index contributed by atoms with van der Waals surface area (Å²) in [5, 5.41) is 0. The second-order valence-corrected chi connectivity index (χ2v) is 4.37. The molecule has 0 aliphatic carbocycles. The van der Waals surface area contributed by atoms with Gasteiger partial charge in [0.05, 0.1) is 32.5 Å². The Balaban J connectivity index is 1.73. The Bertz CT molecular complexity index is 339. The smallest absolute Gasteiger partial charge is 0.107 e. The molecule has 0 spiro atoms. The molecule has 1 fully saturated rings. The minimum atomic E-state index is -0.0532. The lowest BCUT2D eigenvalue weighted by atomic mass is 10.1. The molecule has 0 saturated carbocycles. The average Bonchev–Trinajstić information content (AvgIpc) is 2.47. The molecule has 4 radical (unpaired) electrons. The highest BCUT2D eigenvalue weighted by molar-refractivity contribution is 5.13. The first-order valence-corrected chi connectivity index (χ1v) is 6.54. The fourth-order valence-electron chi connectivity index (χ4n) is 1.96. The van der Waals surface area contributed by atoms with Crippen LogP contribution in [-0.4, -0.2) is 32.0 Å². The summed E-state index contributed by atoms with van der Waals surface area (Å²) in [5.41, 5.74) is 1.16. The first-order valence-electron chi connectivity index (χ1n) is 6.54. The van der Waals surface area contributed by atoms with Crippen LogP contribution < -0.4 is 0 Å². The molecule has 1 aliphatic rings. The van der Waals surface area contributed by atoms with Crippen LogP contribution in [0.1, 0.15) is 5.56 Å². The molecule has 0 N–H and O–H groups in total. The van der Waals surface area contributed by atoms with Crippen LogP contribution in [0.2, 0.25) is 0 Å². The maximum Gasteiger partial charge on any atom is 0.107 e. The van der Waals surface area contributed by atoms with Crippen molar-refractivity contribution in [1.29, 1.82) is 0 Å². The van der Waals surface area contributed by atoms with E-state index in [0.29, 0.717) is 26.4 Å². The molecular weight excluding hydrogens is 240 g/mol. The van der Waals surface area contributed by atoms with Crippen molar-refractivity contribution in [3.05, 3.63) is 62.1 Å². The zero-order chi connectivity index (χ0) is 13.3. The molecule has 1 heterocycles. The van der Waals surface area contributed by atoms with Crippen molar-refractivity contribution in [3.8, 4) is 0 Å². The van der Waals surface area contributed by atoms with Crippen LogP contribution in [0.15, 0.2) is 30.3 Å². The van der Waals surface area contributed by atoms with Gasteiger partial charge in [-0.25, -0.2) is 0 Å². The second-order valence-electron chi connectivity index (χ2n) is 4.37. The molecule has 1 aromatic rings. The Morgan fingerprint density at radius 3 is 2.79 bits per heavy atom. The topological polar surface area (TPSA) is 27.7 Å². The lowest BCUT2D eigenvalue weighted by Gasteiger charge is -2.31. The number of hydrogen-bond donors (Lipinski definition) is 0. The van der Waals surface area contributed by atoms with Gasteiger partial charge in [0, 0.05) is 0 Å². The van der Waals surface area contributed by atoms with Crippen LogP contribution in [0.25, 0.3) is 0 Å². The van der Waals surface area contributed by atoms with Gasteiger partial charge in [-0.05, 0) is 31.7 Å². The minimum absolute atomic E-state index is 0.0475. The summed E-state index contributed by atoms with van der Waals surface area (Å²) in [6.45, 7) is 6.03. The molecule has 1 aliphatic heterocycles. The van der Waals surface area contributed by atoms with Gasteiger partial charge >= 0.3 is 0 Å². The van der Waals surface area contributed by atoms with E-state index in [9.17, 15) is 0 Å². The van der Waals surface area contributed by atoms with Crippen LogP contribution in [0, 0.1) is 26.2 Å². The maximum absolute atomic E-state index is 5.70. The van der Waals surface area contributed by atoms with Crippen LogP contribution in [0.3, 0.4) is 0 Å². The fourth-order valence-corrected chi connectivity index (χ4v) is 1.96. The van der Waals surface area contributed by atoms with E-state index in [1.165, 1.54) is 0 Å². The molecular formula is C16H20O3. The quantitative estimate of drug-likeness (QED) is 0.753. The minimum Gasteiger partial charge on any atom is -0.374 e. The van der Waals surface area contributed by atoms with Crippen molar-refractivity contribution in [3.63, 3.8) is 0 Å². The average molecular weight is 260 g/mol. The summed E-state index contributed by atoms with van der Waals surface area (Å²) in [6, 6.07) is 10.1. The van der Waals surface area contributed by atoms with E-state index < -0.39 is 0 Å². The summed E-state index contributed by atoms with van der Waals surface area (Å²) < 4.78 is 17.1. The summed E-state index contributed by atoms with van der Waals surface area (Å²) in [4.78, 5) is 0. The first-order chi connectivity index (χ1) is 9.40. The normalized spacial score (nSPS) is 23.4. The van der Waals surface area contributed by atoms with E-state index in [2.05, 4.69) is 6.92 Å². The molecule has 2 rings (SSSR count). The van der Waals surface area contributed by atoms with Crippen molar-refractivity contribution in [2.75, 3.05) is 19.8 Å². The summed E-state index contributed by atoms with van der Waals surface area (Å²) in [7, 11) is 0. The molecule has 0 bridgehead atoms. The van der Waals surface area contributed by atoms with Gasteiger partial charge in [-0.2, -0.15) is 0 Å². The molecule has 3 nitrogen and oxygen atoms in total. The standard InChI is InChI=1S/C16H20O3/c1-2-3-9-15-16(19-11-10-18-15)13-17-12-14-7-5-4-6-8-14/h2-9,15-16H,1,10-13H2/t15-,16-/m1/s1. The molecule has 2 atom stereocenters. The molecule has 3 heteroatoms. The SMILES string of the molecule is [CH2][CH][CH][CH][C@H]1OCCO[C@@H]1COCc1ccccc1. The lowest BCUT2D eigenvalue weighted by Crippen LogP contribution is -2.41. The van der Waals surface area contributed by atoms with Crippen molar-refractivity contribution in [2.45, 2.75) is 18.8 Å². The Labute approximate surface area is 115 Å². The van der Waals surface area contributed by atoms with Crippen LogP contribution in [0.4, 0.5) is 0 Å². The molecule has 102 valence electrons. The van der Waals surface area contributed by atoms with Gasteiger partial charge in [0.25, 0.3) is 0 Å². The third-order valence-corrected chi connectivity index (χ3v) is 2.92. The number of benzene rings is 1. The highest BCUT2D eigenvalue weighted by Crippen LogP contribution is 2.16. The molecule has 19 heavy (non-hydrogen) atoms. The maximum atomic E-state index is 5.70. The lowest BCUT2D eigenvalue weighted by molar-refractivity contribution is -0.149. The first kappa shape index (κ1) is 14.5. The van der Waals surface area contributed by atoms with Gasteiger partial charge in [0.1, 0.15) is 6.10 Å². The largest absolute Gasteiger partial charge is 0.374 e. The zero-order valence-electron chi connectivity index (χ0n) is 11.0. The van der Waals surface area contributed by atoms with E-state index in [-0.39, 0.29) is 12.2 Å². The van der Waals surface area contributed by atoms with Crippen molar-refractivity contribution >= 4 is 0 Å². The number of rotatable bonds is 7. The molecule has 0 aromatic heterocycles. The van der Waals surface area contributed by atoms with E-state index >= 15 is 0 Å². The summed E-state index contributed by atoms with van der Waals surface area (Å²) in [6.07, 6.45) is 5.47. The second kappa shape index (κ2) is 8.31. The van der Waals surface area contributed by atoms with Crippen LogP contribution in [0.5, 0.6) is 0 Å². The molecule has 1 aromatic carbocycles. The Kier molecular flexibility index (Phi) is 6.34. The van der Waals surface area contributed by atoms with E-state index in [4.69, 9.17) is 14.2 Å². The van der Waals surface area contributed by atoms with Gasteiger partial charge < -0.3 is 14.2 Å². The van der Waals surface area contributed by atoms with Gasteiger partial charge in [0.15, 0.2) is 0 Å². The molecule has 1 saturated heterocycles. The van der Waals surface area contributed by atoms with Gasteiger partial charge in [-0.15, -0.1) is 0 Å². The van der Waals surface area contributed by atoms with Crippen LogP contribution in [-0.2, 0) is 20.8 Å². The van der Waals surface area contributed by atoms with Crippen molar-refractivity contribution in [1.82, 2.24) is 0 Å². The zero-order valence-corrected chi connectivity index (χ0v) is 11.0.